The van der Waals surface area contributed by atoms with Crippen molar-refractivity contribution in [1.82, 2.24) is 5.32 Å². The zero-order chi connectivity index (χ0) is 13.4. The maximum absolute atomic E-state index is 12.2. The summed E-state index contributed by atoms with van der Waals surface area (Å²) in [6.45, 7) is 5.25. The first kappa shape index (κ1) is 15.2. The van der Waals surface area contributed by atoms with Gasteiger partial charge in [-0.25, -0.2) is 0 Å². The minimum absolute atomic E-state index is 0.490. The van der Waals surface area contributed by atoms with Crippen LogP contribution in [0.1, 0.15) is 26.7 Å². The van der Waals surface area contributed by atoms with E-state index in [2.05, 4.69) is 19.2 Å². The Morgan fingerprint density at radius 1 is 1.39 bits per heavy atom. The molecule has 102 valence electrons. The van der Waals surface area contributed by atoms with Crippen LogP contribution in [0.4, 0.5) is 0 Å². The molecular formula is C14H23NO2S. The molecular weight excluding hydrogens is 246 g/mol. The van der Waals surface area contributed by atoms with Gasteiger partial charge in [0.2, 0.25) is 0 Å². The SMILES string of the molecule is CCNC(C)CCCS(=O)c1ccccc1OC. The molecule has 0 fully saturated rings. The van der Waals surface area contributed by atoms with Crippen LogP contribution in [0.25, 0.3) is 0 Å². The Morgan fingerprint density at radius 3 is 2.78 bits per heavy atom. The van der Waals surface area contributed by atoms with Crippen LogP contribution in [-0.2, 0) is 10.8 Å². The number of rotatable bonds is 8. The van der Waals surface area contributed by atoms with Crippen LogP contribution in [0.3, 0.4) is 0 Å². The topological polar surface area (TPSA) is 38.3 Å². The van der Waals surface area contributed by atoms with Crippen LogP contribution in [0.2, 0.25) is 0 Å². The maximum Gasteiger partial charge on any atom is 0.134 e. The van der Waals surface area contributed by atoms with Crippen LogP contribution < -0.4 is 10.1 Å². The Morgan fingerprint density at radius 2 is 2.11 bits per heavy atom. The van der Waals surface area contributed by atoms with E-state index in [9.17, 15) is 4.21 Å². The molecule has 0 aliphatic carbocycles. The van der Waals surface area contributed by atoms with Gasteiger partial charge in [-0.05, 0) is 38.4 Å². The fraction of sp³-hybridized carbons (Fsp3) is 0.571. The number of para-hydroxylation sites is 1. The van der Waals surface area contributed by atoms with E-state index in [1.165, 1.54) is 0 Å². The monoisotopic (exact) mass is 269 g/mol. The zero-order valence-electron chi connectivity index (χ0n) is 11.4. The minimum Gasteiger partial charge on any atom is -0.495 e. The second-order valence-corrected chi connectivity index (χ2v) is 5.84. The van der Waals surface area contributed by atoms with Crippen molar-refractivity contribution >= 4 is 10.8 Å². The van der Waals surface area contributed by atoms with E-state index in [-0.39, 0.29) is 0 Å². The largest absolute Gasteiger partial charge is 0.495 e. The fourth-order valence-electron chi connectivity index (χ4n) is 1.89. The van der Waals surface area contributed by atoms with Crippen molar-refractivity contribution < 1.29 is 8.95 Å². The number of benzene rings is 1. The second kappa shape index (κ2) is 8.27. The van der Waals surface area contributed by atoms with Crippen molar-refractivity contribution in [3.8, 4) is 5.75 Å². The van der Waals surface area contributed by atoms with Gasteiger partial charge in [0.25, 0.3) is 0 Å². The fourth-order valence-corrected chi connectivity index (χ4v) is 3.14. The summed E-state index contributed by atoms with van der Waals surface area (Å²) in [6, 6.07) is 8.02. The van der Waals surface area contributed by atoms with E-state index in [1.807, 2.05) is 24.3 Å². The van der Waals surface area contributed by atoms with Crippen LogP contribution in [-0.4, -0.2) is 29.7 Å². The van der Waals surface area contributed by atoms with Crippen molar-refractivity contribution in [2.75, 3.05) is 19.4 Å². The normalized spacial score (nSPS) is 14.2. The first-order chi connectivity index (χ1) is 8.69. The Hall–Kier alpha value is -0.870. The molecule has 0 amide bonds. The summed E-state index contributed by atoms with van der Waals surface area (Å²) in [6.07, 6.45) is 2.01. The molecule has 0 bridgehead atoms. The molecule has 0 aromatic heterocycles. The Labute approximate surface area is 112 Å². The number of methoxy groups -OCH3 is 1. The third kappa shape index (κ3) is 4.78. The Kier molecular flexibility index (Phi) is 6.98. The first-order valence-corrected chi connectivity index (χ1v) is 7.75. The van der Waals surface area contributed by atoms with Crippen molar-refractivity contribution in [3.63, 3.8) is 0 Å². The summed E-state index contributed by atoms with van der Waals surface area (Å²) in [5, 5.41) is 3.36. The molecule has 0 saturated carbocycles. The van der Waals surface area contributed by atoms with E-state index >= 15 is 0 Å². The van der Waals surface area contributed by atoms with Crippen molar-refractivity contribution in [3.05, 3.63) is 24.3 Å². The van der Waals surface area contributed by atoms with Gasteiger partial charge in [0.05, 0.1) is 22.8 Å². The molecule has 0 radical (unpaired) electrons. The molecule has 1 aromatic carbocycles. The molecule has 0 aliphatic heterocycles. The maximum atomic E-state index is 12.2. The average molecular weight is 269 g/mol. The molecule has 2 unspecified atom stereocenters. The molecule has 4 heteroatoms. The van der Waals surface area contributed by atoms with Crippen molar-refractivity contribution in [2.45, 2.75) is 37.6 Å². The van der Waals surface area contributed by atoms with E-state index in [0.29, 0.717) is 11.8 Å². The minimum atomic E-state index is -0.968. The van der Waals surface area contributed by atoms with Gasteiger partial charge in [0.15, 0.2) is 0 Å². The highest BCUT2D eigenvalue weighted by atomic mass is 32.2. The van der Waals surface area contributed by atoms with E-state index in [4.69, 9.17) is 4.74 Å². The van der Waals surface area contributed by atoms with Crippen molar-refractivity contribution in [1.29, 1.82) is 0 Å². The van der Waals surface area contributed by atoms with Crippen LogP contribution >= 0.6 is 0 Å². The predicted molar refractivity (Wildman–Crippen MR) is 76.6 cm³/mol. The van der Waals surface area contributed by atoms with Gasteiger partial charge in [0, 0.05) is 11.8 Å². The summed E-state index contributed by atoms with van der Waals surface area (Å²) in [4.78, 5) is 0.802. The predicted octanol–water partition coefficient (Wildman–Crippen LogP) is 2.58. The van der Waals surface area contributed by atoms with E-state index < -0.39 is 10.8 Å². The van der Waals surface area contributed by atoms with Gasteiger partial charge in [-0.3, -0.25) is 4.21 Å². The van der Waals surface area contributed by atoms with Gasteiger partial charge in [-0.15, -0.1) is 0 Å². The number of hydrogen-bond acceptors (Lipinski definition) is 3. The lowest BCUT2D eigenvalue weighted by atomic mass is 10.2. The Bertz CT molecular complexity index is 382. The molecule has 18 heavy (non-hydrogen) atoms. The van der Waals surface area contributed by atoms with Crippen LogP contribution in [0.5, 0.6) is 5.75 Å². The van der Waals surface area contributed by atoms with E-state index in [0.717, 1.165) is 30.0 Å². The first-order valence-electron chi connectivity index (χ1n) is 6.43. The number of nitrogens with one attached hydrogen (secondary N) is 1. The molecule has 0 spiro atoms. The summed E-state index contributed by atoms with van der Waals surface area (Å²) < 4.78 is 17.4. The van der Waals surface area contributed by atoms with Gasteiger partial charge < -0.3 is 10.1 Å². The molecule has 0 heterocycles. The van der Waals surface area contributed by atoms with E-state index in [1.54, 1.807) is 7.11 Å². The van der Waals surface area contributed by atoms with Gasteiger partial charge >= 0.3 is 0 Å². The Balaban J connectivity index is 2.45. The zero-order valence-corrected chi connectivity index (χ0v) is 12.3. The van der Waals surface area contributed by atoms with Gasteiger partial charge in [-0.1, -0.05) is 19.1 Å². The smallest absolute Gasteiger partial charge is 0.134 e. The van der Waals surface area contributed by atoms with Crippen molar-refractivity contribution in [2.24, 2.45) is 0 Å². The summed E-state index contributed by atoms with van der Waals surface area (Å²) in [7, 11) is 0.646. The molecule has 1 aromatic rings. The van der Waals surface area contributed by atoms with Crippen LogP contribution in [0, 0.1) is 0 Å². The molecule has 1 N–H and O–H groups in total. The molecule has 3 nitrogen and oxygen atoms in total. The third-order valence-corrected chi connectivity index (χ3v) is 4.32. The van der Waals surface area contributed by atoms with Gasteiger partial charge in [-0.2, -0.15) is 0 Å². The molecule has 0 aliphatic rings. The molecule has 1 rings (SSSR count). The number of hydrogen-bond donors (Lipinski definition) is 1. The highest BCUT2D eigenvalue weighted by Gasteiger charge is 2.10. The highest BCUT2D eigenvalue weighted by Crippen LogP contribution is 2.21. The quantitative estimate of drug-likeness (QED) is 0.788. The average Bonchev–Trinajstić information content (AvgIpc) is 2.38. The third-order valence-electron chi connectivity index (χ3n) is 2.83. The second-order valence-electron chi connectivity index (χ2n) is 4.30. The highest BCUT2D eigenvalue weighted by molar-refractivity contribution is 7.85. The standard InChI is InChI=1S/C14H23NO2S/c1-4-15-12(2)8-7-11-18(16)14-10-6-5-9-13(14)17-3/h5-6,9-10,12,15H,4,7-8,11H2,1-3H3. The van der Waals surface area contributed by atoms with Crippen LogP contribution in [0.15, 0.2) is 29.2 Å². The summed E-state index contributed by atoms with van der Waals surface area (Å²) in [5.41, 5.74) is 0. The lowest BCUT2D eigenvalue weighted by Crippen LogP contribution is -2.25. The molecule has 2 atom stereocenters. The van der Waals surface area contributed by atoms with Gasteiger partial charge in [0.1, 0.15) is 5.75 Å². The lowest BCUT2D eigenvalue weighted by molar-refractivity contribution is 0.404. The summed E-state index contributed by atoms with van der Waals surface area (Å²) >= 11 is 0. The molecule has 0 saturated heterocycles. The lowest BCUT2D eigenvalue weighted by Gasteiger charge is -2.12. The summed E-state index contributed by atoms with van der Waals surface area (Å²) in [5.74, 6) is 1.41. The number of ether oxygens (including phenoxy) is 1.